The van der Waals surface area contributed by atoms with E-state index in [4.69, 9.17) is 4.98 Å². The number of amides is 2. The maximum Gasteiger partial charge on any atom is 0.322 e. The second kappa shape index (κ2) is 6.72. The number of nitrogens with zero attached hydrogens (tertiary/aromatic N) is 2. The summed E-state index contributed by atoms with van der Waals surface area (Å²) in [5.74, 6) is 0. The smallest absolute Gasteiger partial charge is 0.315 e. The van der Waals surface area contributed by atoms with Gasteiger partial charge in [0.05, 0.1) is 16.3 Å². The van der Waals surface area contributed by atoms with Gasteiger partial charge in [-0.05, 0) is 56.9 Å². The lowest BCUT2D eigenvalue weighted by Crippen LogP contribution is -2.34. The second-order valence-electron chi connectivity index (χ2n) is 7.08. The van der Waals surface area contributed by atoms with Crippen LogP contribution >= 0.6 is 11.3 Å². The lowest BCUT2D eigenvalue weighted by Gasteiger charge is -2.24. The monoisotopic (exact) mass is 365 g/mol. The van der Waals surface area contributed by atoms with Gasteiger partial charge in [-0.15, -0.1) is 11.3 Å². The van der Waals surface area contributed by atoms with Crippen molar-refractivity contribution in [2.45, 2.75) is 39.7 Å². The van der Waals surface area contributed by atoms with Crippen molar-refractivity contribution in [2.75, 3.05) is 11.9 Å². The number of carbonyl (C=O) groups excluding carboxylic acids is 1. The minimum atomic E-state index is -0.0261. The van der Waals surface area contributed by atoms with Gasteiger partial charge in [-0.1, -0.05) is 29.8 Å². The molecule has 0 bridgehead atoms. The molecule has 2 aromatic carbocycles. The molecule has 1 saturated heterocycles. The van der Waals surface area contributed by atoms with Crippen molar-refractivity contribution >= 4 is 33.3 Å². The van der Waals surface area contributed by atoms with E-state index in [-0.39, 0.29) is 12.1 Å². The summed E-state index contributed by atoms with van der Waals surface area (Å²) in [4.78, 5) is 19.7. The summed E-state index contributed by atoms with van der Waals surface area (Å²) in [5, 5.41) is 4.18. The van der Waals surface area contributed by atoms with Gasteiger partial charge in [0.15, 0.2) is 0 Å². The molecule has 1 aromatic heterocycles. The number of rotatable bonds is 2. The molecule has 1 aliphatic heterocycles. The van der Waals surface area contributed by atoms with Crippen molar-refractivity contribution in [1.29, 1.82) is 0 Å². The average molecular weight is 366 g/mol. The third-order valence-electron chi connectivity index (χ3n) is 5.02. The minimum Gasteiger partial charge on any atom is -0.315 e. The van der Waals surface area contributed by atoms with Gasteiger partial charge in [0.25, 0.3) is 0 Å². The first-order valence-corrected chi connectivity index (χ1v) is 9.85. The Morgan fingerprint density at radius 1 is 1.19 bits per heavy atom. The number of thiazole rings is 1. The van der Waals surface area contributed by atoms with E-state index >= 15 is 0 Å². The summed E-state index contributed by atoms with van der Waals surface area (Å²) in [6.07, 6.45) is 1.99. The predicted octanol–water partition coefficient (Wildman–Crippen LogP) is 5.59. The van der Waals surface area contributed by atoms with Crippen molar-refractivity contribution in [3.05, 3.63) is 58.1 Å². The largest absolute Gasteiger partial charge is 0.322 e. The molecule has 2 amide bonds. The van der Waals surface area contributed by atoms with E-state index < -0.39 is 0 Å². The number of benzene rings is 2. The highest BCUT2D eigenvalue weighted by atomic mass is 32.1. The third-order valence-corrected chi connectivity index (χ3v) is 6.16. The van der Waals surface area contributed by atoms with Crippen LogP contribution in [0.5, 0.6) is 0 Å². The van der Waals surface area contributed by atoms with E-state index in [1.54, 1.807) is 11.3 Å². The van der Waals surface area contributed by atoms with E-state index in [0.29, 0.717) is 0 Å². The van der Waals surface area contributed by atoms with Crippen molar-refractivity contribution < 1.29 is 4.79 Å². The van der Waals surface area contributed by atoms with Gasteiger partial charge >= 0.3 is 6.03 Å². The first-order valence-electron chi connectivity index (χ1n) is 9.04. The molecular formula is C21H23N3OS. The zero-order valence-electron chi connectivity index (χ0n) is 15.4. The summed E-state index contributed by atoms with van der Waals surface area (Å²) >= 11 is 1.70. The van der Waals surface area contributed by atoms with Gasteiger partial charge in [-0.2, -0.15) is 0 Å². The van der Waals surface area contributed by atoms with Crippen LogP contribution in [0.25, 0.3) is 10.2 Å². The fourth-order valence-electron chi connectivity index (χ4n) is 3.86. The molecule has 1 unspecified atom stereocenters. The van der Waals surface area contributed by atoms with Gasteiger partial charge in [-0.3, -0.25) is 0 Å². The molecule has 1 fully saturated rings. The Balaban J connectivity index is 1.59. The third kappa shape index (κ3) is 3.07. The maximum absolute atomic E-state index is 13.0. The summed E-state index contributed by atoms with van der Waals surface area (Å²) in [6.45, 7) is 6.95. The Kier molecular flexibility index (Phi) is 4.41. The highest BCUT2D eigenvalue weighted by Crippen LogP contribution is 2.37. The zero-order chi connectivity index (χ0) is 18.3. The molecule has 2 heterocycles. The first kappa shape index (κ1) is 17.0. The van der Waals surface area contributed by atoms with E-state index in [1.807, 2.05) is 36.9 Å². The molecule has 134 valence electrons. The van der Waals surface area contributed by atoms with Crippen LogP contribution in [0, 0.1) is 20.8 Å². The number of anilines is 1. The van der Waals surface area contributed by atoms with E-state index in [0.717, 1.165) is 46.7 Å². The van der Waals surface area contributed by atoms with Crippen LogP contribution in [0.2, 0.25) is 0 Å². The topological polar surface area (TPSA) is 45.2 Å². The van der Waals surface area contributed by atoms with Crippen molar-refractivity contribution in [1.82, 2.24) is 9.88 Å². The number of aromatic nitrogens is 1. The number of hydrogen-bond acceptors (Lipinski definition) is 3. The van der Waals surface area contributed by atoms with E-state index in [9.17, 15) is 4.79 Å². The zero-order valence-corrected chi connectivity index (χ0v) is 16.2. The average Bonchev–Trinajstić information content (AvgIpc) is 3.23. The summed E-state index contributed by atoms with van der Waals surface area (Å²) in [5.41, 5.74) is 5.37. The molecule has 26 heavy (non-hydrogen) atoms. The van der Waals surface area contributed by atoms with Crippen LogP contribution < -0.4 is 5.32 Å². The van der Waals surface area contributed by atoms with Crippen molar-refractivity contribution in [3.8, 4) is 0 Å². The molecule has 5 heteroatoms. The van der Waals surface area contributed by atoms with Gasteiger partial charge in [0.2, 0.25) is 0 Å². The van der Waals surface area contributed by atoms with Crippen LogP contribution in [-0.2, 0) is 0 Å². The number of nitrogens with one attached hydrogen (secondary N) is 1. The standard InChI is InChI=1S/C21H23N3OS/c1-13-11-14(2)19(15(3)12-13)23-21(25)24-10-6-8-17(24)20-22-16-7-4-5-9-18(16)26-20/h4-5,7,9,11-12,17H,6,8,10H2,1-3H3,(H,23,25). The SMILES string of the molecule is Cc1cc(C)c(NC(=O)N2CCCC2c2nc3ccccc3s2)c(C)c1. The molecule has 4 nitrogen and oxygen atoms in total. The molecule has 1 atom stereocenters. The molecule has 0 spiro atoms. The molecule has 1 aliphatic rings. The van der Waals surface area contributed by atoms with Gasteiger partial charge < -0.3 is 10.2 Å². The Labute approximate surface area is 157 Å². The minimum absolute atomic E-state index is 0.0261. The fourth-order valence-corrected chi connectivity index (χ4v) is 4.97. The number of urea groups is 1. The van der Waals surface area contributed by atoms with Gasteiger partial charge in [0, 0.05) is 12.2 Å². The molecule has 0 aliphatic carbocycles. The molecule has 0 saturated carbocycles. The number of para-hydroxylation sites is 1. The normalized spacial score (nSPS) is 17.0. The summed E-state index contributed by atoms with van der Waals surface area (Å²) < 4.78 is 1.18. The van der Waals surface area contributed by atoms with Gasteiger partial charge in [0.1, 0.15) is 5.01 Å². The summed E-state index contributed by atoms with van der Waals surface area (Å²) in [6, 6.07) is 12.4. The highest BCUT2D eigenvalue weighted by Gasteiger charge is 2.32. The molecule has 3 aromatic rings. The fraction of sp³-hybridized carbons (Fsp3) is 0.333. The number of hydrogen-bond donors (Lipinski definition) is 1. The maximum atomic E-state index is 13.0. The van der Waals surface area contributed by atoms with Gasteiger partial charge in [-0.25, -0.2) is 9.78 Å². The van der Waals surface area contributed by atoms with E-state index in [2.05, 4.69) is 30.4 Å². The lowest BCUT2D eigenvalue weighted by molar-refractivity contribution is 0.207. The predicted molar refractivity (Wildman–Crippen MR) is 108 cm³/mol. The molecule has 4 rings (SSSR count). The first-order chi connectivity index (χ1) is 12.5. The Hall–Kier alpha value is -2.40. The van der Waals surface area contributed by atoms with Crippen molar-refractivity contribution in [2.24, 2.45) is 0 Å². The van der Waals surface area contributed by atoms with Crippen LogP contribution in [0.1, 0.15) is 40.6 Å². The number of carbonyl (C=O) groups is 1. The number of fused-ring (bicyclic) bond motifs is 1. The summed E-state index contributed by atoms with van der Waals surface area (Å²) in [7, 11) is 0. The van der Waals surface area contributed by atoms with Crippen LogP contribution in [-0.4, -0.2) is 22.5 Å². The Morgan fingerprint density at radius 3 is 2.65 bits per heavy atom. The van der Waals surface area contributed by atoms with Crippen LogP contribution in [0.3, 0.4) is 0 Å². The molecule has 1 N–H and O–H groups in total. The molecule has 0 radical (unpaired) electrons. The number of aryl methyl sites for hydroxylation is 3. The van der Waals surface area contributed by atoms with Crippen LogP contribution in [0.4, 0.5) is 10.5 Å². The molecular weight excluding hydrogens is 342 g/mol. The highest BCUT2D eigenvalue weighted by molar-refractivity contribution is 7.18. The Bertz CT molecular complexity index is 922. The second-order valence-corrected chi connectivity index (χ2v) is 8.14. The van der Waals surface area contributed by atoms with Crippen molar-refractivity contribution in [3.63, 3.8) is 0 Å². The van der Waals surface area contributed by atoms with Crippen LogP contribution in [0.15, 0.2) is 36.4 Å². The Morgan fingerprint density at radius 2 is 1.92 bits per heavy atom. The quantitative estimate of drug-likeness (QED) is 0.643. The number of likely N-dealkylation sites (tertiary alicyclic amines) is 1. The van der Waals surface area contributed by atoms with E-state index in [1.165, 1.54) is 10.3 Å². The lowest BCUT2D eigenvalue weighted by atomic mass is 10.1.